The van der Waals surface area contributed by atoms with Crippen LogP contribution in [-0.4, -0.2) is 25.2 Å². The van der Waals surface area contributed by atoms with Gasteiger partial charge in [0.2, 0.25) is 10.0 Å². The van der Waals surface area contributed by atoms with Crippen LogP contribution in [0.15, 0.2) is 77.7 Å². The maximum absolute atomic E-state index is 12.9. The number of anilines is 1. The van der Waals surface area contributed by atoms with Gasteiger partial charge in [-0.3, -0.25) is 4.79 Å². The third-order valence-corrected chi connectivity index (χ3v) is 6.80. The molecular formula is C24H26N2O3S. The fourth-order valence-electron chi connectivity index (χ4n) is 3.12. The Morgan fingerprint density at radius 2 is 1.57 bits per heavy atom. The zero-order chi connectivity index (χ0) is 21.7. The molecule has 1 N–H and O–H groups in total. The summed E-state index contributed by atoms with van der Waals surface area (Å²) in [5.41, 5.74) is 4.16. The van der Waals surface area contributed by atoms with Gasteiger partial charge in [-0.25, -0.2) is 8.42 Å². The van der Waals surface area contributed by atoms with Crippen molar-refractivity contribution in [1.29, 1.82) is 0 Å². The third kappa shape index (κ3) is 5.14. The van der Waals surface area contributed by atoms with Crippen LogP contribution in [0.3, 0.4) is 0 Å². The Kier molecular flexibility index (Phi) is 6.70. The third-order valence-electron chi connectivity index (χ3n) is 4.86. The van der Waals surface area contributed by atoms with E-state index in [1.165, 1.54) is 4.31 Å². The van der Waals surface area contributed by atoms with Crippen LogP contribution < -0.4 is 5.32 Å². The first kappa shape index (κ1) is 21.7. The summed E-state index contributed by atoms with van der Waals surface area (Å²) in [6.07, 6.45) is 0. The standard InChI is InChI=1S/C24H26N2O3S/c1-4-26(30(28,29)23-14-8-18(2)9-15-23)17-20-10-12-21(13-11-20)24(27)25-22-7-5-6-19(3)16-22/h5-16H,4,17H2,1-3H3,(H,25,27). The molecule has 156 valence electrons. The summed E-state index contributed by atoms with van der Waals surface area (Å²) in [4.78, 5) is 12.8. The first-order chi connectivity index (χ1) is 14.3. The molecule has 0 aliphatic rings. The summed E-state index contributed by atoms with van der Waals surface area (Å²) < 4.78 is 27.3. The molecule has 0 heterocycles. The second-order valence-electron chi connectivity index (χ2n) is 7.26. The summed E-state index contributed by atoms with van der Waals surface area (Å²) >= 11 is 0. The van der Waals surface area contributed by atoms with E-state index in [9.17, 15) is 13.2 Å². The molecule has 0 spiro atoms. The van der Waals surface area contributed by atoms with Gasteiger partial charge in [0.1, 0.15) is 0 Å². The first-order valence-corrected chi connectivity index (χ1v) is 11.3. The molecule has 0 radical (unpaired) electrons. The Labute approximate surface area is 178 Å². The van der Waals surface area contributed by atoms with Crippen molar-refractivity contribution < 1.29 is 13.2 Å². The van der Waals surface area contributed by atoms with Gasteiger partial charge >= 0.3 is 0 Å². The predicted molar refractivity (Wildman–Crippen MR) is 120 cm³/mol. The quantitative estimate of drug-likeness (QED) is 0.597. The van der Waals surface area contributed by atoms with E-state index in [1.807, 2.05) is 45.0 Å². The highest BCUT2D eigenvalue weighted by Crippen LogP contribution is 2.19. The number of sulfonamides is 1. The number of nitrogens with zero attached hydrogens (tertiary/aromatic N) is 1. The van der Waals surface area contributed by atoms with Crippen LogP contribution in [0.5, 0.6) is 0 Å². The number of hydrogen-bond acceptors (Lipinski definition) is 3. The van der Waals surface area contributed by atoms with E-state index in [1.54, 1.807) is 48.5 Å². The van der Waals surface area contributed by atoms with Gasteiger partial charge in [0.15, 0.2) is 0 Å². The highest BCUT2D eigenvalue weighted by Gasteiger charge is 2.23. The van der Waals surface area contributed by atoms with E-state index in [0.29, 0.717) is 12.1 Å². The maximum atomic E-state index is 12.9. The number of benzene rings is 3. The highest BCUT2D eigenvalue weighted by atomic mass is 32.2. The Bertz CT molecular complexity index is 1120. The second-order valence-corrected chi connectivity index (χ2v) is 9.20. The fraction of sp³-hybridized carbons (Fsp3) is 0.208. The first-order valence-electron chi connectivity index (χ1n) is 9.83. The van der Waals surface area contributed by atoms with Crippen molar-refractivity contribution in [2.45, 2.75) is 32.2 Å². The van der Waals surface area contributed by atoms with Crippen molar-refractivity contribution in [3.8, 4) is 0 Å². The lowest BCUT2D eigenvalue weighted by Gasteiger charge is -2.21. The molecule has 0 fully saturated rings. The summed E-state index contributed by atoms with van der Waals surface area (Å²) in [5.74, 6) is -0.202. The van der Waals surface area contributed by atoms with Gasteiger partial charge in [-0.2, -0.15) is 4.31 Å². The topological polar surface area (TPSA) is 66.5 Å². The van der Waals surface area contributed by atoms with Crippen molar-refractivity contribution in [2.75, 3.05) is 11.9 Å². The van der Waals surface area contributed by atoms with Gasteiger partial charge in [0.05, 0.1) is 4.90 Å². The smallest absolute Gasteiger partial charge is 0.255 e. The van der Waals surface area contributed by atoms with E-state index < -0.39 is 10.0 Å². The van der Waals surface area contributed by atoms with E-state index >= 15 is 0 Å². The van der Waals surface area contributed by atoms with Crippen molar-refractivity contribution in [2.24, 2.45) is 0 Å². The molecule has 0 saturated carbocycles. The lowest BCUT2D eigenvalue weighted by Crippen LogP contribution is -2.30. The largest absolute Gasteiger partial charge is 0.322 e. The number of amides is 1. The molecule has 1 amide bonds. The molecule has 0 aromatic heterocycles. The molecule has 0 unspecified atom stereocenters. The van der Waals surface area contributed by atoms with E-state index in [0.717, 1.165) is 22.4 Å². The minimum Gasteiger partial charge on any atom is -0.322 e. The molecule has 0 bridgehead atoms. The van der Waals surface area contributed by atoms with Crippen molar-refractivity contribution in [3.05, 3.63) is 95.1 Å². The summed E-state index contributed by atoms with van der Waals surface area (Å²) in [5, 5.41) is 2.88. The molecule has 5 nitrogen and oxygen atoms in total. The molecule has 30 heavy (non-hydrogen) atoms. The van der Waals surface area contributed by atoms with Crippen LogP contribution in [0.25, 0.3) is 0 Å². The monoisotopic (exact) mass is 422 g/mol. The van der Waals surface area contributed by atoms with Gasteiger partial charge in [0, 0.05) is 24.3 Å². The van der Waals surface area contributed by atoms with Crippen molar-refractivity contribution >= 4 is 21.6 Å². The van der Waals surface area contributed by atoms with E-state index in [-0.39, 0.29) is 17.3 Å². The Morgan fingerprint density at radius 3 is 2.17 bits per heavy atom. The van der Waals surface area contributed by atoms with Gasteiger partial charge in [-0.1, -0.05) is 48.9 Å². The predicted octanol–water partition coefficient (Wildman–Crippen LogP) is 4.77. The highest BCUT2D eigenvalue weighted by molar-refractivity contribution is 7.89. The summed E-state index contributed by atoms with van der Waals surface area (Å²) in [7, 11) is -3.58. The van der Waals surface area contributed by atoms with Gasteiger partial charge in [0.25, 0.3) is 5.91 Å². The molecule has 0 atom stereocenters. The lowest BCUT2D eigenvalue weighted by molar-refractivity contribution is 0.102. The normalized spacial score (nSPS) is 11.5. The second kappa shape index (κ2) is 9.24. The van der Waals surface area contributed by atoms with Crippen molar-refractivity contribution in [1.82, 2.24) is 4.31 Å². The Hall–Kier alpha value is -2.96. The maximum Gasteiger partial charge on any atom is 0.255 e. The molecule has 6 heteroatoms. The molecule has 3 aromatic rings. The summed E-state index contributed by atoms with van der Waals surface area (Å²) in [6, 6.07) is 21.5. The number of carbonyl (C=O) groups excluding carboxylic acids is 1. The number of rotatable bonds is 7. The van der Waals surface area contributed by atoms with Gasteiger partial charge < -0.3 is 5.32 Å². The van der Waals surface area contributed by atoms with E-state index in [4.69, 9.17) is 0 Å². The molecule has 0 aliphatic heterocycles. The van der Waals surface area contributed by atoms with Crippen LogP contribution in [0, 0.1) is 13.8 Å². The van der Waals surface area contributed by atoms with Crippen LogP contribution in [-0.2, 0) is 16.6 Å². The van der Waals surface area contributed by atoms with Crippen LogP contribution in [0.1, 0.15) is 34.0 Å². The lowest BCUT2D eigenvalue weighted by atomic mass is 10.1. The van der Waals surface area contributed by atoms with Crippen LogP contribution >= 0.6 is 0 Å². The van der Waals surface area contributed by atoms with Crippen molar-refractivity contribution in [3.63, 3.8) is 0 Å². The molecular weight excluding hydrogens is 396 g/mol. The number of hydrogen-bond donors (Lipinski definition) is 1. The summed E-state index contributed by atoms with van der Waals surface area (Å²) in [6.45, 7) is 6.30. The average molecular weight is 423 g/mol. The van der Waals surface area contributed by atoms with Gasteiger partial charge in [-0.15, -0.1) is 0 Å². The minimum atomic E-state index is -3.58. The molecule has 0 aliphatic carbocycles. The van der Waals surface area contributed by atoms with E-state index in [2.05, 4.69) is 5.32 Å². The van der Waals surface area contributed by atoms with Crippen LogP contribution in [0.4, 0.5) is 5.69 Å². The number of nitrogens with one attached hydrogen (secondary N) is 1. The zero-order valence-corrected chi connectivity index (χ0v) is 18.2. The Morgan fingerprint density at radius 1 is 0.900 bits per heavy atom. The van der Waals surface area contributed by atoms with Gasteiger partial charge in [-0.05, 0) is 61.4 Å². The Balaban J connectivity index is 1.72. The zero-order valence-electron chi connectivity index (χ0n) is 17.4. The average Bonchev–Trinajstić information content (AvgIpc) is 2.72. The number of carbonyl (C=O) groups is 1. The molecule has 3 aromatic carbocycles. The fourth-order valence-corrected chi connectivity index (χ4v) is 4.55. The molecule has 3 rings (SSSR count). The molecule has 0 saturated heterocycles. The SMILES string of the molecule is CCN(Cc1ccc(C(=O)Nc2cccc(C)c2)cc1)S(=O)(=O)c1ccc(C)cc1. The number of aryl methyl sites for hydroxylation is 2. The minimum absolute atomic E-state index is 0.202. The van der Waals surface area contributed by atoms with Crippen LogP contribution in [0.2, 0.25) is 0 Å².